The van der Waals surface area contributed by atoms with Gasteiger partial charge in [-0.25, -0.2) is 4.79 Å². The number of nitriles is 1. The number of carbonyl (C=O) groups excluding carboxylic acids is 1. The van der Waals surface area contributed by atoms with Gasteiger partial charge in [0.25, 0.3) is 0 Å². The van der Waals surface area contributed by atoms with Crippen molar-refractivity contribution in [3.63, 3.8) is 0 Å². The average molecular weight is 474 g/mol. The lowest BCUT2D eigenvalue weighted by Crippen LogP contribution is -2.21. The van der Waals surface area contributed by atoms with E-state index in [4.69, 9.17) is 25.8 Å². The second-order valence-corrected chi connectivity index (χ2v) is 9.65. The average Bonchev–Trinajstić information content (AvgIpc) is 2.97. The molecule has 178 valence electrons. The van der Waals surface area contributed by atoms with Crippen LogP contribution in [-0.2, 0) is 26.7 Å². The molecular formula is C25H32ClN3O4. The van der Waals surface area contributed by atoms with Crippen molar-refractivity contribution in [2.24, 2.45) is 13.0 Å². The minimum absolute atomic E-state index is 0.0322. The lowest BCUT2D eigenvalue weighted by Gasteiger charge is -2.21. The number of rotatable bonds is 7. The molecule has 1 atom stereocenters. The van der Waals surface area contributed by atoms with Crippen molar-refractivity contribution in [2.45, 2.75) is 60.2 Å². The van der Waals surface area contributed by atoms with Crippen LogP contribution in [0.15, 0.2) is 24.3 Å². The van der Waals surface area contributed by atoms with Crippen LogP contribution in [0.2, 0.25) is 5.02 Å². The number of ether oxygens (including phenoxy) is 3. The van der Waals surface area contributed by atoms with Crippen molar-refractivity contribution < 1.29 is 19.0 Å². The van der Waals surface area contributed by atoms with E-state index < -0.39 is 12.4 Å². The molecule has 0 aliphatic heterocycles. The predicted octanol–water partition coefficient (Wildman–Crippen LogP) is 6.24. The first kappa shape index (κ1) is 26.3. The van der Waals surface area contributed by atoms with Crippen molar-refractivity contribution in [3.8, 4) is 6.07 Å². The maximum Gasteiger partial charge on any atom is 0.511 e. The highest BCUT2D eigenvalue weighted by Crippen LogP contribution is 2.35. The molecule has 0 saturated heterocycles. The first-order valence-electron chi connectivity index (χ1n) is 10.8. The molecule has 0 bridgehead atoms. The third-order valence-corrected chi connectivity index (χ3v) is 5.28. The standard InChI is InChI=1S/C25H32ClN3O4/c1-15(2)14-31-24(30)33-17(4)32-23(22-21(26)16(3)28-29(22)8)20(13-27)18-9-11-19(12-10-18)25(5,6)7/h9-12,15,17H,14H2,1-8H3/b23-20-. The van der Waals surface area contributed by atoms with Gasteiger partial charge in [-0.3, -0.25) is 4.68 Å². The molecular weight excluding hydrogens is 442 g/mol. The number of carbonyl (C=O) groups is 1. The highest BCUT2D eigenvalue weighted by molar-refractivity contribution is 6.33. The molecule has 0 radical (unpaired) electrons. The molecule has 1 heterocycles. The highest BCUT2D eigenvalue weighted by atomic mass is 35.5. The van der Waals surface area contributed by atoms with Gasteiger partial charge in [-0.2, -0.15) is 10.4 Å². The number of halogens is 1. The van der Waals surface area contributed by atoms with Crippen LogP contribution in [0, 0.1) is 24.2 Å². The van der Waals surface area contributed by atoms with Crippen LogP contribution in [0.5, 0.6) is 0 Å². The van der Waals surface area contributed by atoms with Crippen LogP contribution in [0.25, 0.3) is 11.3 Å². The second kappa shape index (κ2) is 10.8. The first-order chi connectivity index (χ1) is 15.3. The van der Waals surface area contributed by atoms with E-state index in [-0.39, 0.29) is 29.3 Å². The van der Waals surface area contributed by atoms with Gasteiger partial charge in [-0.05, 0) is 29.4 Å². The van der Waals surface area contributed by atoms with Crippen molar-refractivity contribution in [2.75, 3.05) is 6.61 Å². The normalized spacial score (nSPS) is 13.2. The van der Waals surface area contributed by atoms with Crippen LogP contribution in [0.1, 0.15) is 64.1 Å². The smallest absolute Gasteiger partial charge is 0.451 e. The van der Waals surface area contributed by atoms with Gasteiger partial charge in [-0.1, -0.05) is 70.5 Å². The predicted molar refractivity (Wildman–Crippen MR) is 128 cm³/mol. The molecule has 2 aromatic rings. The summed E-state index contributed by atoms with van der Waals surface area (Å²) in [6.45, 7) is 13.7. The summed E-state index contributed by atoms with van der Waals surface area (Å²) in [5, 5.41) is 14.8. The van der Waals surface area contributed by atoms with Crippen molar-refractivity contribution in [1.82, 2.24) is 9.78 Å². The van der Waals surface area contributed by atoms with Crippen LogP contribution >= 0.6 is 11.6 Å². The van der Waals surface area contributed by atoms with Gasteiger partial charge < -0.3 is 14.2 Å². The van der Waals surface area contributed by atoms with E-state index in [1.165, 1.54) is 4.68 Å². The summed E-state index contributed by atoms with van der Waals surface area (Å²) < 4.78 is 17.8. The topological polar surface area (TPSA) is 86.4 Å². The van der Waals surface area contributed by atoms with E-state index in [9.17, 15) is 10.1 Å². The summed E-state index contributed by atoms with van der Waals surface area (Å²) >= 11 is 6.52. The molecule has 1 aromatic heterocycles. The molecule has 0 N–H and O–H groups in total. The molecule has 0 aliphatic carbocycles. The Bertz CT molecular complexity index is 1060. The van der Waals surface area contributed by atoms with Gasteiger partial charge in [0.2, 0.25) is 6.29 Å². The Morgan fingerprint density at radius 2 is 1.79 bits per heavy atom. The lowest BCUT2D eigenvalue weighted by molar-refractivity contribution is -0.0690. The summed E-state index contributed by atoms with van der Waals surface area (Å²) in [5.74, 6) is 0.333. The van der Waals surface area contributed by atoms with Gasteiger partial charge in [-0.15, -0.1) is 0 Å². The Balaban J connectivity index is 2.50. The minimum Gasteiger partial charge on any atom is -0.451 e. The SMILES string of the molecule is Cc1nn(C)c(/C(OC(C)OC(=O)OCC(C)C)=C(\C#N)c2ccc(C(C)(C)C)cc2)c1Cl. The van der Waals surface area contributed by atoms with E-state index in [0.29, 0.717) is 22.0 Å². The van der Waals surface area contributed by atoms with Crippen molar-refractivity contribution >= 4 is 29.1 Å². The van der Waals surface area contributed by atoms with Crippen LogP contribution in [0.4, 0.5) is 4.79 Å². The minimum atomic E-state index is -1.04. The van der Waals surface area contributed by atoms with Gasteiger partial charge in [0.15, 0.2) is 5.76 Å². The summed E-state index contributed by atoms with van der Waals surface area (Å²) in [6, 6.07) is 9.90. The van der Waals surface area contributed by atoms with Crippen LogP contribution < -0.4 is 0 Å². The fraction of sp³-hybridized carbons (Fsp3) is 0.480. The zero-order valence-corrected chi connectivity index (χ0v) is 21.3. The molecule has 0 saturated carbocycles. The van der Waals surface area contributed by atoms with Gasteiger partial charge in [0.1, 0.15) is 17.3 Å². The molecule has 7 nitrogen and oxygen atoms in total. The Kier molecular flexibility index (Phi) is 8.57. The lowest BCUT2D eigenvalue weighted by atomic mass is 9.86. The summed E-state index contributed by atoms with van der Waals surface area (Å²) in [7, 11) is 1.71. The largest absolute Gasteiger partial charge is 0.511 e. The third-order valence-electron chi connectivity index (χ3n) is 4.82. The number of hydrogen-bond donors (Lipinski definition) is 0. The van der Waals surface area contributed by atoms with Crippen molar-refractivity contribution in [1.29, 1.82) is 5.26 Å². The quantitative estimate of drug-likeness (QED) is 0.204. The maximum absolute atomic E-state index is 12.0. The monoisotopic (exact) mass is 473 g/mol. The van der Waals surface area contributed by atoms with Gasteiger partial charge in [0, 0.05) is 14.0 Å². The molecule has 1 aromatic carbocycles. The number of aryl methyl sites for hydroxylation is 2. The third kappa shape index (κ3) is 6.75. The zero-order chi connectivity index (χ0) is 24.9. The maximum atomic E-state index is 12.0. The summed E-state index contributed by atoms with van der Waals surface area (Å²) in [5.41, 5.74) is 2.98. The first-order valence-corrected chi connectivity index (χ1v) is 11.2. The number of allylic oxidation sites excluding steroid dienone is 1. The van der Waals surface area contributed by atoms with Crippen LogP contribution in [0.3, 0.4) is 0 Å². The fourth-order valence-corrected chi connectivity index (χ4v) is 3.34. The molecule has 0 amide bonds. The van der Waals surface area contributed by atoms with E-state index in [0.717, 1.165) is 5.56 Å². The molecule has 8 heteroatoms. The molecule has 33 heavy (non-hydrogen) atoms. The van der Waals surface area contributed by atoms with E-state index in [2.05, 4.69) is 31.9 Å². The van der Waals surface area contributed by atoms with E-state index in [1.807, 2.05) is 38.1 Å². The Hall–Kier alpha value is -2.98. The Morgan fingerprint density at radius 3 is 2.24 bits per heavy atom. The number of aromatic nitrogens is 2. The number of hydrogen-bond acceptors (Lipinski definition) is 6. The fourth-order valence-electron chi connectivity index (χ4n) is 3.09. The molecule has 0 fully saturated rings. The van der Waals surface area contributed by atoms with E-state index in [1.54, 1.807) is 20.9 Å². The molecule has 0 aliphatic rings. The summed E-state index contributed by atoms with van der Waals surface area (Å²) in [6.07, 6.45) is -1.89. The summed E-state index contributed by atoms with van der Waals surface area (Å²) in [4.78, 5) is 12.0. The van der Waals surface area contributed by atoms with Gasteiger partial charge >= 0.3 is 6.16 Å². The molecule has 2 rings (SSSR count). The number of benzene rings is 1. The highest BCUT2D eigenvalue weighted by Gasteiger charge is 2.26. The zero-order valence-electron chi connectivity index (χ0n) is 20.5. The van der Waals surface area contributed by atoms with Crippen molar-refractivity contribution in [3.05, 3.63) is 51.8 Å². The van der Waals surface area contributed by atoms with Crippen LogP contribution in [-0.4, -0.2) is 28.8 Å². The Morgan fingerprint density at radius 1 is 1.18 bits per heavy atom. The van der Waals surface area contributed by atoms with E-state index >= 15 is 0 Å². The Labute approximate surface area is 200 Å². The second-order valence-electron chi connectivity index (χ2n) is 9.27. The number of nitrogens with zero attached hydrogens (tertiary/aromatic N) is 3. The van der Waals surface area contributed by atoms with Gasteiger partial charge in [0.05, 0.1) is 17.3 Å². The molecule has 0 spiro atoms. The molecule has 1 unspecified atom stereocenters.